The van der Waals surface area contributed by atoms with Crippen LogP contribution >= 0.6 is 0 Å². The van der Waals surface area contributed by atoms with Gasteiger partial charge in [0, 0.05) is 13.1 Å². The van der Waals surface area contributed by atoms with Gasteiger partial charge in [-0.1, -0.05) is 50.1 Å². The molecule has 24 heavy (non-hydrogen) atoms. The van der Waals surface area contributed by atoms with Crippen LogP contribution in [0.1, 0.15) is 51.7 Å². The third-order valence-corrected chi connectivity index (χ3v) is 3.68. The van der Waals surface area contributed by atoms with E-state index in [-0.39, 0.29) is 12.7 Å². The molecule has 1 aromatic rings. The average Bonchev–Trinajstić information content (AvgIpc) is 2.61. The summed E-state index contributed by atoms with van der Waals surface area (Å²) in [7, 11) is 0. The predicted octanol–water partition coefficient (Wildman–Crippen LogP) is 2.87. The summed E-state index contributed by atoms with van der Waals surface area (Å²) in [6.07, 6.45) is 2.89. The van der Waals surface area contributed by atoms with Gasteiger partial charge in [0.2, 0.25) is 0 Å². The van der Waals surface area contributed by atoms with Gasteiger partial charge in [-0.05, 0) is 25.8 Å². The fourth-order valence-corrected chi connectivity index (χ4v) is 2.25. The van der Waals surface area contributed by atoms with Crippen LogP contribution in [0, 0.1) is 0 Å². The van der Waals surface area contributed by atoms with E-state index in [0.717, 1.165) is 31.0 Å². The minimum atomic E-state index is -0.609. The van der Waals surface area contributed by atoms with Crippen molar-refractivity contribution in [1.82, 2.24) is 10.6 Å². The van der Waals surface area contributed by atoms with Crippen LogP contribution in [0.3, 0.4) is 0 Å². The molecule has 1 aromatic carbocycles. The van der Waals surface area contributed by atoms with Crippen molar-refractivity contribution in [2.45, 2.75) is 52.2 Å². The number of ether oxygens (including phenoxy) is 1. The summed E-state index contributed by atoms with van der Waals surface area (Å²) in [4.78, 5) is 4.43. The van der Waals surface area contributed by atoms with E-state index < -0.39 is 6.10 Å². The molecule has 0 aromatic heterocycles. The van der Waals surface area contributed by atoms with Crippen molar-refractivity contribution in [3.8, 4) is 0 Å². The lowest BCUT2D eigenvalue weighted by Gasteiger charge is -2.16. The van der Waals surface area contributed by atoms with Crippen LogP contribution in [0.4, 0.5) is 0 Å². The first-order chi connectivity index (χ1) is 11.7. The van der Waals surface area contributed by atoms with E-state index in [0.29, 0.717) is 6.54 Å². The van der Waals surface area contributed by atoms with Crippen LogP contribution in [0.15, 0.2) is 35.3 Å². The van der Waals surface area contributed by atoms with Crippen molar-refractivity contribution in [1.29, 1.82) is 0 Å². The van der Waals surface area contributed by atoms with Gasteiger partial charge in [0.1, 0.15) is 0 Å². The van der Waals surface area contributed by atoms with Gasteiger partial charge in [0.25, 0.3) is 0 Å². The number of nitrogens with one attached hydrogen (secondary N) is 2. The van der Waals surface area contributed by atoms with Crippen LogP contribution in [-0.2, 0) is 4.74 Å². The molecular formula is C19H33N3O2. The zero-order valence-electron chi connectivity index (χ0n) is 15.3. The van der Waals surface area contributed by atoms with Crippen LogP contribution in [-0.4, -0.2) is 43.4 Å². The Morgan fingerprint density at radius 1 is 1.17 bits per heavy atom. The Bertz CT molecular complexity index is 451. The number of rotatable bonds is 11. The molecule has 0 aliphatic heterocycles. The quantitative estimate of drug-likeness (QED) is 0.330. The zero-order valence-corrected chi connectivity index (χ0v) is 15.3. The fourth-order valence-electron chi connectivity index (χ4n) is 2.25. The van der Waals surface area contributed by atoms with Crippen LogP contribution in [0.25, 0.3) is 0 Å². The maximum atomic E-state index is 10.1. The van der Waals surface area contributed by atoms with Gasteiger partial charge in [-0.3, -0.25) is 4.99 Å². The first kappa shape index (κ1) is 20.5. The molecule has 0 saturated carbocycles. The largest absolute Gasteiger partial charge is 0.389 e. The van der Waals surface area contributed by atoms with E-state index in [9.17, 15) is 5.11 Å². The highest BCUT2D eigenvalue weighted by molar-refractivity contribution is 5.79. The first-order valence-electron chi connectivity index (χ1n) is 9.04. The Morgan fingerprint density at radius 3 is 2.58 bits per heavy atom. The molecule has 2 atom stereocenters. The van der Waals surface area contributed by atoms with E-state index in [1.165, 1.54) is 12.8 Å². The third-order valence-electron chi connectivity index (χ3n) is 3.68. The average molecular weight is 335 g/mol. The molecule has 5 nitrogen and oxygen atoms in total. The van der Waals surface area contributed by atoms with Crippen LogP contribution in [0.5, 0.6) is 0 Å². The summed E-state index contributed by atoms with van der Waals surface area (Å²) >= 11 is 0. The molecule has 0 aliphatic carbocycles. The second-order valence-corrected chi connectivity index (χ2v) is 5.89. The molecule has 0 aliphatic rings. The van der Waals surface area contributed by atoms with Gasteiger partial charge in [0.05, 0.1) is 25.4 Å². The molecule has 0 amide bonds. The molecule has 0 saturated heterocycles. The molecule has 0 radical (unpaired) electrons. The van der Waals surface area contributed by atoms with E-state index in [4.69, 9.17) is 4.74 Å². The second-order valence-electron chi connectivity index (χ2n) is 5.89. The maximum Gasteiger partial charge on any atom is 0.191 e. The van der Waals surface area contributed by atoms with Crippen LogP contribution in [0.2, 0.25) is 0 Å². The SMILES string of the molecule is CCCCCNC(=NCC(O)COC(C)c1ccccc1)NCC. The van der Waals surface area contributed by atoms with E-state index >= 15 is 0 Å². The third kappa shape index (κ3) is 8.89. The lowest BCUT2D eigenvalue weighted by Crippen LogP contribution is -2.38. The molecule has 0 heterocycles. The van der Waals surface area contributed by atoms with Gasteiger partial charge >= 0.3 is 0 Å². The Hall–Kier alpha value is -1.59. The Kier molecular flexibility index (Phi) is 10.9. The van der Waals surface area contributed by atoms with Crippen molar-refractivity contribution in [2.75, 3.05) is 26.2 Å². The number of hydrogen-bond donors (Lipinski definition) is 3. The van der Waals surface area contributed by atoms with Crippen molar-refractivity contribution in [3.63, 3.8) is 0 Å². The molecule has 0 spiro atoms. The smallest absolute Gasteiger partial charge is 0.191 e. The summed E-state index contributed by atoms with van der Waals surface area (Å²) in [5.74, 6) is 0.753. The zero-order chi connectivity index (χ0) is 17.6. The number of aliphatic imine (C=N–C) groups is 1. The maximum absolute atomic E-state index is 10.1. The molecular weight excluding hydrogens is 302 g/mol. The minimum absolute atomic E-state index is 0.0368. The summed E-state index contributed by atoms with van der Waals surface area (Å²) in [6, 6.07) is 10.0. The Morgan fingerprint density at radius 2 is 1.92 bits per heavy atom. The molecule has 1 rings (SSSR count). The number of nitrogens with zero attached hydrogens (tertiary/aromatic N) is 1. The molecule has 2 unspecified atom stereocenters. The molecule has 136 valence electrons. The van der Waals surface area contributed by atoms with Gasteiger partial charge in [-0.15, -0.1) is 0 Å². The van der Waals surface area contributed by atoms with Crippen LogP contribution < -0.4 is 10.6 Å². The predicted molar refractivity (Wildman–Crippen MR) is 100 cm³/mol. The van der Waals surface area contributed by atoms with Crippen molar-refractivity contribution >= 4 is 5.96 Å². The van der Waals surface area contributed by atoms with Gasteiger partial charge in [0.15, 0.2) is 5.96 Å². The van der Waals surface area contributed by atoms with Gasteiger partial charge in [-0.2, -0.15) is 0 Å². The summed E-state index contributed by atoms with van der Waals surface area (Å²) in [5, 5.41) is 16.6. The number of guanidine groups is 1. The van der Waals surface area contributed by atoms with Gasteiger partial charge < -0.3 is 20.5 Å². The standard InChI is InChI=1S/C19H33N3O2/c1-4-6-10-13-21-19(20-5-2)22-14-18(23)15-24-16(3)17-11-8-7-9-12-17/h7-9,11-12,16,18,23H,4-6,10,13-15H2,1-3H3,(H2,20,21,22). The topological polar surface area (TPSA) is 65.9 Å². The highest BCUT2D eigenvalue weighted by Crippen LogP contribution is 2.15. The molecule has 3 N–H and O–H groups in total. The van der Waals surface area contributed by atoms with E-state index in [1.54, 1.807) is 0 Å². The number of hydrogen-bond acceptors (Lipinski definition) is 3. The summed E-state index contributed by atoms with van der Waals surface area (Å²) in [5.41, 5.74) is 1.11. The number of aliphatic hydroxyl groups excluding tert-OH is 1. The van der Waals surface area contributed by atoms with E-state index in [2.05, 4.69) is 22.5 Å². The number of aliphatic hydroxyl groups is 1. The molecule has 0 fully saturated rings. The normalized spacial score (nSPS) is 14.2. The minimum Gasteiger partial charge on any atom is -0.389 e. The Labute approximate surface area is 146 Å². The first-order valence-corrected chi connectivity index (χ1v) is 9.04. The van der Waals surface area contributed by atoms with Crippen molar-refractivity contribution in [3.05, 3.63) is 35.9 Å². The Balaban J connectivity index is 2.33. The fraction of sp³-hybridized carbons (Fsp3) is 0.632. The number of unbranched alkanes of at least 4 members (excludes halogenated alkanes) is 2. The highest BCUT2D eigenvalue weighted by atomic mass is 16.5. The monoisotopic (exact) mass is 335 g/mol. The lowest BCUT2D eigenvalue weighted by atomic mass is 10.1. The van der Waals surface area contributed by atoms with Crippen molar-refractivity contribution in [2.24, 2.45) is 4.99 Å². The summed E-state index contributed by atoms with van der Waals surface area (Å²) < 4.78 is 5.74. The number of benzene rings is 1. The molecule has 5 heteroatoms. The lowest BCUT2D eigenvalue weighted by molar-refractivity contribution is 0.00111. The van der Waals surface area contributed by atoms with E-state index in [1.807, 2.05) is 44.2 Å². The summed E-state index contributed by atoms with van der Waals surface area (Å²) in [6.45, 7) is 8.51. The highest BCUT2D eigenvalue weighted by Gasteiger charge is 2.09. The van der Waals surface area contributed by atoms with Gasteiger partial charge in [-0.25, -0.2) is 0 Å². The molecule has 0 bridgehead atoms. The second kappa shape index (κ2) is 12.8. The van der Waals surface area contributed by atoms with Crippen molar-refractivity contribution < 1.29 is 9.84 Å².